The molecule has 0 N–H and O–H groups in total. The summed E-state index contributed by atoms with van der Waals surface area (Å²) in [4.78, 5) is 10.9. The van der Waals surface area contributed by atoms with E-state index in [1.807, 2.05) is 26.8 Å². The van der Waals surface area contributed by atoms with Crippen LogP contribution in [0.15, 0.2) is 6.07 Å². The van der Waals surface area contributed by atoms with E-state index in [0.717, 1.165) is 17.8 Å². The van der Waals surface area contributed by atoms with Gasteiger partial charge in [-0.3, -0.25) is 4.68 Å². The van der Waals surface area contributed by atoms with Crippen molar-refractivity contribution in [1.82, 2.24) is 9.78 Å². The van der Waals surface area contributed by atoms with Crippen molar-refractivity contribution in [1.29, 1.82) is 0 Å². The molecule has 1 aromatic rings. The summed E-state index contributed by atoms with van der Waals surface area (Å²) in [6.45, 7) is 5.65. The van der Waals surface area contributed by atoms with E-state index >= 15 is 0 Å². The lowest BCUT2D eigenvalue weighted by Gasteiger charge is -2.19. The SMILES string of the molecule is CCC[C@H](C(=O)[O-])n1nc(C)cc1C. The Labute approximate surface area is 83.5 Å². The van der Waals surface area contributed by atoms with Gasteiger partial charge in [-0.25, -0.2) is 0 Å². The summed E-state index contributed by atoms with van der Waals surface area (Å²) in [6.07, 6.45) is 1.36. The van der Waals surface area contributed by atoms with Crippen LogP contribution in [0.25, 0.3) is 0 Å². The molecule has 0 saturated heterocycles. The highest BCUT2D eigenvalue weighted by atomic mass is 16.4. The molecule has 78 valence electrons. The summed E-state index contributed by atoms with van der Waals surface area (Å²) < 4.78 is 1.54. The summed E-state index contributed by atoms with van der Waals surface area (Å²) >= 11 is 0. The van der Waals surface area contributed by atoms with E-state index in [-0.39, 0.29) is 0 Å². The molecule has 0 fully saturated rings. The van der Waals surface area contributed by atoms with Gasteiger partial charge in [0.2, 0.25) is 0 Å². The molecule has 0 aromatic carbocycles. The van der Waals surface area contributed by atoms with Crippen LogP contribution in [0, 0.1) is 13.8 Å². The number of hydrogen-bond donors (Lipinski definition) is 0. The molecule has 0 unspecified atom stereocenters. The van der Waals surface area contributed by atoms with Gasteiger partial charge in [-0.1, -0.05) is 13.3 Å². The fourth-order valence-corrected chi connectivity index (χ4v) is 1.58. The number of carbonyl (C=O) groups is 1. The van der Waals surface area contributed by atoms with E-state index in [0.29, 0.717) is 6.42 Å². The summed E-state index contributed by atoms with van der Waals surface area (Å²) in [6, 6.07) is 1.24. The second-order valence-electron chi connectivity index (χ2n) is 3.50. The smallest absolute Gasteiger partial charge is 0.0915 e. The van der Waals surface area contributed by atoms with Crippen molar-refractivity contribution in [2.75, 3.05) is 0 Å². The van der Waals surface area contributed by atoms with Gasteiger partial charge in [-0.2, -0.15) is 5.10 Å². The molecule has 0 aliphatic heterocycles. The van der Waals surface area contributed by atoms with Gasteiger partial charge in [0.05, 0.1) is 17.7 Å². The monoisotopic (exact) mass is 195 g/mol. The first-order valence-corrected chi connectivity index (χ1v) is 4.80. The van der Waals surface area contributed by atoms with Crippen LogP contribution in [-0.4, -0.2) is 15.7 Å². The highest BCUT2D eigenvalue weighted by molar-refractivity contribution is 5.69. The van der Waals surface area contributed by atoms with E-state index in [1.54, 1.807) is 0 Å². The van der Waals surface area contributed by atoms with Crippen molar-refractivity contribution < 1.29 is 9.90 Å². The Bertz CT molecular complexity index is 331. The lowest BCUT2D eigenvalue weighted by atomic mass is 10.1. The van der Waals surface area contributed by atoms with E-state index in [9.17, 15) is 9.90 Å². The second-order valence-corrected chi connectivity index (χ2v) is 3.50. The molecule has 1 heterocycles. The van der Waals surface area contributed by atoms with E-state index < -0.39 is 12.0 Å². The number of rotatable bonds is 4. The average molecular weight is 195 g/mol. The molecule has 1 aromatic heterocycles. The zero-order chi connectivity index (χ0) is 10.7. The quantitative estimate of drug-likeness (QED) is 0.706. The Kier molecular flexibility index (Phi) is 3.28. The zero-order valence-corrected chi connectivity index (χ0v) is 8.78. The van der Waals surface area contributed by atoms with E-state index in [4.69, 9.17) is 0 Å². The molecule has 0 spiro atoms. The minimum absolute atomic E-state index is 0.560. The first kappa shape index (κ1) is 10.8. The summed E-state index contributed by atoms with van der Waals surface area (Å²) in [5.41, 5.74) is 1.70. The summed E-state index contributed by atoms with van der Waals surface area (Å²) in [7, 11) is 0. The van der Waals surface area contributed by atoms with Crippen LogP contribution in [0.3, 0.4) is 0 Å². The third-order valence-electron chi connectivity index (χ3n) is 2.17. The van der Waals surface area contributed by atoms with Crippen molar-refractivity contribution in [3.8, 4) is 0 Å². The zero-order valence-electron chi connectivity index (χ0n) is 8.78. The Morgan fingerprint density at radius 2 is 2.29 bits per heavy atom. The highest BCUT2D eigenvalue weighted by Gasteiger charge is 2.14. The van der Waals surface area contributed by atoms with Crippen LogP contribution in [0.1, 0.15) is 37.2 Å². The van der Waals surface area contributed by atoms with Crippen molar-refractivity contribution in [3.63, 3.8) is 0 Å². The van der Waals surface area contributed by atoms with Crippen molar-refractivity contribution in [3.05, 3.63) is 17.5 Å². The van der Waals surface area contributed by atoms with Gasteiger partial charge >= 0.3 is 0 Å². The van der Waals surface area contributed by atoms with Gasteiger partial charge in [0.25, 0.3) is 0 Å². The maximum absolute atomic E-state index is 10.9. The molecule has 4 nitrogen and oxygen atoms in total. The van der Waals surface area contributed by atoms with Crippen LogP contribution in [0.5, 0.6) is 0 Å². The number of hydrogen-bond acceptors (Lipinski definition) is 3. The fraction of sp³-hybridized carbons (Fsp3) is 0.600. The largest absolute Gasteiger partial charge is 0.548 e. The molecule has 0 aliphatic carbocycles. The Hall–Kier alpha value is -1.32. The normalized spacial score (nSPS) is 12.8. The van der Waals surface area contributed by atoms with Crippen LogP contribution < -0.4 is 5.11 Å². The third-order valence-corrected chi connectivity index (χ3v) is 2.17. The second kappa shape index (κ2) is 4.26. The van der Waals surface area contributed by atoms with Crippen LogP contribution >= 0.6 is 0 Å². The molecule has 0 bridgehead atoms. The molecule has 0 aliphatic rings. The number of carboxylic acid groups (broad SMARTS) is 1. The first-order chi connectivity index (χ1) is 6.56. The lowest BCUT2D eigenvalue weighted by molar-refractivity contribution is -0.310. The van der Waals surface area contributed by atoms with Gasteiger partial charge in [0, 0.05) is 5.69 Å². The van der Waals surface area contributed by atoms with Crippen molar-refractivity contribution in [2.45, 2.75) is 39.7 Å². The standard InChI is InChI=1S/C10H16N2O2/c1-4-5-9(10(13)14)12-8(3)6-7(2)11-12/h6,9H,4-5H2,1-3H3,(H,13,14)/p-1/t9-/m1/s1. The third kappa shape index (κ3) is 2.13. The molecule has 0 saturated carbocycles. The van der Waals surface area contributed by atoms with E-state index in [2.05, 4.69) is 5.10 Å². The fourth-order valence-electron chi connectivity index (χ4n) is 1.58. The first-order valence-electron chi connectivity index (χ1n) is 4.80. The molecule has 14 heavy (non-hydrogen) atoms. The Morgan fingerprint density at radius 3 is 2.64 bits per heavy atom. The molecular formula is C10H15N2O2-. The van der Waals surface area contributed by atoms with E-state index in [1.165, 1.54) is 4.68 Å². The predicted octanol–water partition coefficient (Wildman–Crippen LogP) is 0.591. The molecule has 4 heteroatoms. The highest BCUT2D eigenvalue weighted by Crippen LogP contribution is 2.15. The summed E-state index contributed by atoms with van der Waals surface area (Å²) in [5, 5.41) is 15.0. The Balaban J connectivity index is 2.98. The van der Waals surface area contributed by atoms with Gasteiger partial charge in [0.1, 0.15) is 0 Å². The molecular weight excluding hydrogens is 180 g/mol. The van der Waals surface area contributed by atoms with Crippen LogP contribution in [-0.2, 0) is 4.79 Å². The average Bonchev–Trinajstić information content (AvgIpc) is 2.40. The number of aryl methyl sites for hydroxylation is 2. The van der Waals surface area contributed by atoms with Crippen molar-refractivity contribution >= 4 is 5.97 Å². The number of carboxylic acids is 1. The number of carbonyl (C=O) groups excluding carboxylic acids is 1. The maximum Gasteiger partial charge on any atom is 0.0915 e. The van der Waals surface area contributed by atoms with Crippen LogP contribution in [0.4, 0.5) is 0 Å². The number of aromatic nitrogens is 2. The van der Waals surface area contributed by atoms with Gasteiger partial charge < -0.3 is 9.90 Å². The van der Waals surface area contributed by atoms with Crippen molar-refractivity contribution in [2.24, 2.45) is 0 Å². The van der Waals surface area contributed by atoms with Gasteiger partial charge in [-0.15, -0.1) is 0 Å². The minimum Gasteiger partial charge on any atom is -0.548 e. The predicted molar refractivity (Wildman–Crippen MR) is 50.7 cm³/mol. The Morgan fingerprint density at radius 1 is 1.64 bits per heavy atom. The summed E-state index contributed by atoms with van der Waals surface area (Å²) in [5.74, 6) is -1.06. The number of aliphatic carboxylic acids is 1. The van der Waals surface area contributed by atoms with Crippen LogP contribution in [0.2, 0.25) is 0 Å². The molecule has 1 rings (SSSR count). The topological polar surface area (TPSA) is 57.9 Å². The molecule has 0 radical (unpaired) electrons. The van der Waals surface area contributed by atoms with Gasteiger partial charge in [-0.05, 0) is 26.3 Å². The number of nitrogens with zero attached hydrogens (tertiary/aromatic N) is 2. The van der Waals surface area contributed by atoms with Gasteiger partial charge in [0.15, 0.2) is 0 Å². The molecule has 1 atom stereocenters. The molecule has 0 amide bonds. The minimum atomic E-state index is -1.06. The lowest BCUT2D eigenvalue weighted by Crippen LogP contribution is -2.34. The maximum atomic E-state index is 10.9.